The number of hydrogen-bond donors (Lipinski definition) is 1. The summed E-state index contributed by atoms with van der Waals surface area (Å²) in [5, 5.41) is 10.3. The summed E-state index contributed by atoms with van der Waals surface area (Å²) in [4.78, 5) is 9.01. The van der Waals surface area contributed by atoms with Crippen LogP contribution in [-0.2, 0) is 0 Å². The Labute approximate surface area is 125 Å². The number of aliphatic hydroxyl groups excluding tert-OH is 1. The molecule has 1 aromatic heterocycles. The lowest BCUT2D eigenvalue weighted by molar-refractivity contribution is 0.109. The lowest BCUT2D eigenvalue weighted by Crippen LogP contribution is -2.47. The molecule has 21 heavy (non-hydrogen) atoms. The SMILES string of the molecule is OC(CN1CCN(c2ccccn2)CC1)c1ccccc1. The van der Waals surface area contributed by atoms with Crippen LogP contribution in [-0.4, -0.2) is 47.7 Å². The number of pyridine rings is 1. The summed E-state index contributed by atoms with van der Waals surface area (Å²) in [6.07, 6.45) is 1.42. The Morgan fingerprint density at radius 2 is 1.67 bits per heavy atom. The fourth-order valence-corrected chi connectivity index (χ4v) is 2.73. The van der Waals surface area contributed by atoms with E-state index in [1.165, 1.54) is 0 Å². The van der Waals surface area contributed by atoms with Crippen LogP contribution in [0.4, 0.5) is 5.82 Å². The molecule has 0 spiro atoms. The molecule has 1 fully saturated rings. The van der Waals surface area contributed by atoms with Gasteiger partial charge in [-0.05, 0) is 17.7 Å². The topological polar surface area (TPSA) is 39.6 Å². The van der Waals surface area contributed by atoms with Gasteiger partial charge in [-0.1, -0.05) is 36.4 Å². The highest BCUT2D eigenvalue weighted by molar-refractivity contribution is 5.38. The van der Waals surface area contributed by atoms with Crippen molar-refractivity contribution in [2.75, 3.05) is 37.6 Å². The van der Waals surface area contributed by atoms with Gasteiger partial charge in [-0.2, -0.15) is 0 Å². The van der Waals surface area contributed by atoms with Crippen LogP contribution in [0, 0.1) is 0 Å². The molecule has 2 aromatic rings. The highest BCUT2D eigenvalue weighted by atomic mass is 16.3. The van der Waals surface area contributed by atoms with E-state index in [-0.39, 0.29) is 0 Å². The molecule has 1 N–H and O–H groups in total. The number of piperazine rings is 1. The molecule has 4 nitrogen and oxygen atoms in total. The summed E-state index contributed by atoms with van der Waals surface area (Å²) in [7, 11) is 0. The summed E-state index contributed by atoms with van der Waals surface area (Å²) in [6.45, 7) is 4.53. The molecule has 1 unspecified atom stereocenters. The molecular formula is C17H21N3O. The number of nitrogens with zero attached hydrogens (tertiary/aromatic N) is 3. The van der Waals surface area contributed by atoms with E-state index < -0.39 is 6.10 Å². The van der Waals surface area contributed by atoms with Crippen molar-refractivity contribution in [3.05, 3.63) is 60.3 Å². The minimum absolute atomic E-state index is 0.410. The molecule has 4 heteroatoms. The van der Waals surface area contributed by atoms with Gasteiger partial charge in [0.15, 0.2) is 0 Å². The number of benzene rings is 1. The van der Waals surface area contributed by atoms with Crippen LogP contribution in [0.25, 0.3) is 0 Å². The molecule has 0 amide bonds. The third-order valence-corrected chi connectivity index (χ3v) is 3.96. The number of aromatic nitrogens is 1. The minimum atomic E-state index is -0.410. The molecule has 1 aromatic carbocycles. The Morgan fingerprint density at radius 1 is 0.952 bits per heavy atom. The van der Waals surface area contributed by atoms with Crippen molar-refractivity contribution in [2.24, 2.45) is 0 Å². The maximum absolute atomic E-state index is 10.3. The van der Waals surface area contributed by atoms with Crippen LogP contribution in [0.15, 0.2) is 54.7 Å². The Balaban J connectivity index is 1.52. The highest BCUT2D eigenvalue weighted by Crippen LogP contribution is 2.17. The summed E-state index contributed by atoms with van der Waals surface area (Å²) in [6, 6.07) is 15.9. The third kappa shape index (κ3) is 3.60. The Hall–Kier alpha value is -1.91. The molecule has 1 saturated heterocycles. The van der Waals surface area contributed by atoms with Gasteiger partial charge in [-0.3, -0.25) is 4.90 Å². The van der Waals surface area contributed by atoms with Crippen molar-refractivity contribution in [1.82, 2.24) is 9.88 Å². The fraction of sp³-hybridized carbons (Fsp3) is 0.353. The zero-order valence-corrected chi connectivity index (χ0v) is 12.1. The Bertz CT molecular complexity index is 538. The second-order valence-electron chi connectivity index (χ2n) is 5.40. The summed E-state index contributed by atoms with van der Waals surface area (Å²) < 4.78 is 0. The number of β-amino-alcohol motifs (C(OH)–C–C–N with tert-alkyl or cyclic N) is 1. The summed E-state index contributed by atoms with van der Waals surface area (Å²) >= 11 is 0. The van der Waals surface area contributed by atoms with E-state index in [9.17, 15) is 5.11 Å². The highest BCUT2D eigenvalue weighted by Gasteiger charge is 2.20. The smallest absolute Gasteiger partial charge is 0.128 e. The van der Waals surface area contributed by atoms with Crippen molar-refractivity contribution in [3.63, 3.8) is 0 Å². The minimum Gasteiger partial charge on any atom is -0.387 e. The zero-order valence-electron chi connectivity index (χ0n) is 12.1. The molecule has 1 aliphatic heterocycles. The number of aliphatic hydroxyl groups is 1. The van der Waals surface area contributed by atoms with Crippen LogP contribution in [0.5, 0.6) is 0 Å². The lowest BCUT2D eigenvalue weighted by atomic mass is 10.1. The van der Waals surface area contributed by atoms with Gasteiger partial charge < -0.3 is 10.0 Å². The Kier molecular flexibility index (Phi) is 4.48. The molecule has 2 heterocycles. The molecule has 0 aliphatic carbocycles. The average Bonchev–Trinajstić information content (AvgIpc) is 2.57. The van der Waals surface area contributed by atoms with Crippen LogP contribution in [0.2, 0.25) is 0 Å². The molecule has 1 atom stereocenters. The molecule has 0 radical (unpaired) electrons. The van der Waals surface area contributed by atoms with Gasteiger partial charge in [-0.15, -0.1) is 0 Å². The number of hydrogen-bond acceptors (Lipinski definition) is 4. The maximum atomic E-state index is 10.3. The largest absolute Gasteiger partial charge is 0.387 e. The monoisotopic (exact) mass is 283 g/mol. The van der Waals surface area contributed by atoms with Gasteiger partial charge in [-0.25, -0.2) is 4.98 Å². The van der Waals surface area contributed by atoms with Gasteiger partial charge in [0.25, 0.3) is 0 Å². The van der Waals surface area contributed by atoms with Crippen LogP contribution in [0.1, 0.15) is 11.7 Å². The fourth-order valence-electron chi connectivity index (χ4n) is 2.73. The molecule has 110 valence electrons. The van der Waals surface area contributed by atoms with Gasteiger partial charge in [0.05, 0.1) is 6.10 Å². The first-order chi connectivity index (χ1) is 10.3. The predicted octanol–water partition coefficient (Wildman–Crippen LogP) is 1.94. The van der Waals surface area contributed by atoms with E-state index >= 15 is 0 Å². The molecular weight excluding hydrogens is 262 g/mol. The zero-order chi connectivity index (χ0) is 14.5. The second kappa shape index (κ2) is 6.70. The Morgan fingerprint density at radius 3 is 2.33 bits per heavy atom. The quantitative estimate of drug-likeness (QED) is 0.931. The lowest BCUT2D eigenvalue weighted by Gasteiger charge is -2.36. The van der Waals surface area contributed by atoms with E-state index in [1.807, 2.05) is 48.7 Å². The summed E-state index contributed by atoms with van der Waals surface area (Å²) in [5.41, 5.74) is 0.990. The standard InChI is InChI=1S/C17H21N3O/c21-16(15-6-2-1-3-7-15)14-19-10-12-20(13-11-19)17-8-4-5-9-18-17/h1-9,16,21H,10-14H2. The van der Waals surface area contributed by atoms with E-state index in [2.05, 4.69) is 20.9 Å². The molecule has 0 saturated carbocycles. The van der Waals surface area contributed by atoms with Crippen molar-refractivity contribution in [1.29, 1.82) is 0 Å². The molecule has 0 bridgehead atoms. The second-order valence-corrected chi connectivity index (χ2v) is 5.40. The molecule has 1 aliphatic rings. The first-order valence-electron chi connectivity index (χ1n) is 7.44. The predicted molar refractivity (Wildman–Crippen MR) is 84.3 cm³/mol. The first-order valence-corrected chi connectivity index (χ1v) is 7.44. The first kappa shape index (κ1) is 14.0. The van der Waals surface area contributed by atoms with Crippen molar-refractivity contribution < 1.29 is 5.11 Å². The van der Waals surface area contributed by atoms with Crippen LogP contribution in [0.3, 0.4) is 0 Å². The van der Waals surface area contributed by atoms with Gasteiger partial charge in [0.2, 0.25) is 0 Å². The van der Waals surface area contributed by atoms with Crippen molar-refractivity contribution in [2.45, 2.75) is 6.10 Å². The van der Waals surface area contributed by atoms with E-state index in [0.717, 1.165) is 37.6 Å². The van der Waals surface area contributed by atoms with Crippen molar-refractivity contribution in [3.8, 4) is 0 Å². The maximum Gasteiger partial charge on any atom is 0.128 e. The van der Waals surface area contributed by atoms with E-state index in [1.54, 1.807) is 0 Å². The van der Waals surface area contributed by atoms with Crippen molar-refractivity contribution >= 4 is 5.82 Å². The van der Waals surface area contributed by atoms with Crippen LogP contribution < -0.4 is 4.90 Å². The third-order valence-electron chi connectivity index (χ3n) is 3.96. The van der Waals surface area contributed by atoms with Gasteiger partial charge in [0.1, 0.15) is 5.82 Å². The van der Waals surface area contributed by atoms with E-state index in [0.29, 0.717) is 6.54 Å². The average molecular weight is 283 g/mol. The normalized spacial score (nSPS) is 17.7. The number of rotatable bonds is 4. The number of anilines is 1. The van der Waals surface area contributed by atoms with Gasteiger partial charge >= 0.3 is 0 Å². The van der Waals surface area contributed by atoms with E-state index in [4.69, 9.17) is 0 Å². The van der Waals surface area contributed by atoms with Gasteiger partial charge in [0, 0.05) is 38.9 Å². The summed E-state index contributed by atoms with van der Waals surface area (Å²) in [5.74, 6) is 1.04. The van der Waals surface area contributed by atoms with Crippen LogP contribution >= 0.6 is 0 Å². The molecule has 3 rings (SSSR count).